The maximum absolute atomic E-state index is 11.9. The molecule has 0 aliphatic carbocycles. The number of hydrogen-bond acceptors (Lipinski definition) is 5. The van der Waals surface area contributed by atoms with Crippen molar-refractivity contribution in [3.63, 3.8) is 0 Å². The number of nitrogens with zero attached hydrogens (tertiary/aromatic N) is 1. The van der Waals surface area contributed by atoms with E-state index in [0.717, 1.165) is 17.0 Å². The van der Waals surface area contributed by atoms with E-state index in [4.69, 9.17) is 5.73 Å². The van der Waals surface area contributed by atoms with Crippen molar-refractivity contribution < 1.29 is 4.79 Å². The third-order valence-corrected chi connectivity index (χ3v) is 3.35. The molecule has 2 rings (SSSR count). The van der Waals surface area contributed by atoms with Crippen LogP contribution in [-0.4, -0.2) is 21.1 Å². The Bertz CT molecular complexity index is 640. The molecular weight excluding hydrogens is 266 g/mol. The zero-order chi connectivity index (χ0) is 14.0. The van der Waals surface area contributed by atoms with Crippen LogP contribution >= 0.6 is 11.3 Å². The number of carbonyl (C=O) groups is 1. The summed E-state index contributed by atoms with van der Waals surface area (Å²) in [5.41, 5.74) is 7.82. The molecule has 0 spiro atoms. The Kier molecular flexibility index (Phi) is 3.70. The van der Waals surface area contributed by atoms with Crippen molar-refractivity contribution in [1.29, 1.82) is 0 Å². The number of hydrogen-bond donors (Lipinski definition) is 4. The Balaban J connectivity index is 2.06. The lowest BCUT2D eigenvalue weighted by molar-refractivity contribution is 0.0946. The van der Waals surface area contributed by atoms with Gasteiger partial charge in [-0.3, -0.25) is 14.7 Å². The smallest absolute Gasteiger partial charge is 0.304 e. The van der Waals surface area contributed by atoms with Gasteiger partial charge in [0.25, 0.3) is 5.91 Å². The van der Waals surface area contributed by atoms with Gasteiger partial charge in [0.15, 0.2) is 5.69 Å². The Morgan fingerprint density at radius 1 is 1.58 bits per heavy atom. The summed E-state index contributed by atoms with van der Waals surface area (Å²) in [6.07, 6.45) is 0. The number of aromatic amines is 2. The fourth-order valence-electron chi connectivity index (χ4n) is 1.64. The second kappa shape index (κ2) is 5.27. The Morgan fingerprint density at radius 3 is 2.84 bits per heavy atom. The van der Waals surface area contributed by atoms with E-state index in [1.807, 2.05) is 13.8 Å². The second-order valence-electron chi connectivity index (χ2n) is 4.41. The van der Waals surface area contributed by atoms with Gasteiger partial charge in [0.2, 0.25) is 0 Å². The summed E-state index contributed by atoms with van der Waals surface area (Å²) in [4.78, 5) is 25.3. The highest BCUT2D eigenvalue weighted by Crippen LogP contribution is 2.21. The summed E-state index contributed by atoms with van der Waals surface area (Å²) in [6.45, 7) is 4.16. The molecule has 0 aliphatic rings. The molecular formula is C11H15N5O2S. The first-order valence-electron chi connectivity index (χ1n) is 5.77. The third kappa shape index (κ3) is 2.84. The van der Waals surface area contributed by atoms with Crippen LogP contribution in [0.5, 0.6) is 0 Å². The second-order valence-corrected chi connectivity index (χ2v) is 5.25. The van der Waals surface area contributed by atoms with Crippen LogP contribution < -0.4 is 15.9 Å². The van der Waals surface area contributed by atoms with Crippen LogP contribution in [0.2, 0.25) is 0 Å². The number of rotatable bonds is 4. The van der Waals surface area contributed by atoms with Crippen LogP contribution in [0.3, 0.4) is 0 Å². The SMILES string of the molecule is CC(C)c1[nH]nc(C(=O)NCc2csc(=O)[nH]2)c1N. The van der Waals surface area contributed by atoms with Crippen LogP contribution in [0, 0.1) is 0 Å². The number of aromatic nitrogens is 3. The van der Waals surface area contributed by atoms with Crippen molar-refractivity contribution in [2.75, 3.05) is 5.73 Å². The van der Waals surface area contributed by atoms with Gasteiger partial charge in [-0.05, 0) is 5.92 Å². The van der Waals surface area contributed by atoms with Gasteiger partial charge in [-0.25, -0.2) is 0 Å². The summed E-state index contributed by atoms with van der Waals surface area (Å²) in [7, 11) is 0. The molecule has 19 heavy (non-hydrogen) atoms. The largest absolute Gasteiger partial charge is 0.395 e. The predicted molar refractivity (Wildman–Crippen MR) is 73.2 cm³/mol. The van der Waals surface area contributed by atoms with Gasteiger partial charge in [0.05, 0.1) is 17.9 Å². The van der Waals surface area contributed by atoms with Gasteiger partial charge in [0.1, 0.15) is 0 Å². The zero-order valence-electron chi connectivity index (χ0n) is 10.6. The standard InChI is InChI=1S/C11H15N5O2S/c1-5(2)8-7(12)9(16-15-8)10(17)13-3-6-4-19-11(18)14-6/h4-5H,3,12H2,1-2H3,(H,13,17)(H,14,18)(H,15,16). The van der Waals surface area contributed by atoms with Gasteiger partial charge in [-0.15, -0.1) is 0 Å². The Hall–Kier alpha value is -2.09. The molecule has 2 aromatic heterocycles. The van der Waals surface area contributed by atoms with Gasteiger partial charge in [-0.2, -0.15) is 5.10 Å². The number of amides is 1. The highest BCUT2D eigenvalue weighted by Gasteiger charge is 2.18. The van der Waals surface area contributed by atoms with Crippen molar-refractivity contribution in [3.8, 4) is 0 Å². The molecule has 0 radical (unpaired) electrons. The molecule has 0 saturated heterocycles. The first-order chi connectivity index (χ1) is 8.99. The minimum Gasteiger partial charge on any atom is -0.395 e. The summed E-state index contributed by atoms with van der Waals surface area (Å²) < 4.78 is 0. The van der Waals surface area contributed by atoms with E-state index < -0.39 is 0 Å². The highest BCUT2D eigenvalue weighted by atomic mass is 32.1. The quantitative estimate of drug-likeness (QED) is 0.663. The number of nitrogens with one attached hydrogen (secondary N) is 3. The molecule has 0 bridgehead atoms. The lowest BCUT2D eigenvalue weighted by atomic mass is 10.1. The molecule has 1 amide bonds. The number of nitrogen functional groups attached to an aromatic ring is 1. The minimum atomic E-state index is -0.368. The van der Waals surface area contributed by atoms with Crippen molar-refractivity contribution in [2.45, 2.75) is 26.3 Å². The number of thiazole rings is 1. The molecule has 0 atom stereocenters. The van der Waals surface area contributed by atoms with Crippen LogP contribution in [0.4, 0.5) is 5.69 Å². The molecule has 5 N–H and O–H groups in total. The van der Waals surface area contributed by atoms with Crippen LogP contribution in [-0.2, 0) is 6.54 Å². The molecule has 0 saturated carbocycles. The average molecular weight is 281 g/mol. The molecule has 0 aromatic carbocycles. The minimum absolute atomic E-state index is 0.148. The summed E-state index contributed by atoms with van der Waals surface area (Å²) >= 11 is 1.05. The van der Waals surface area contributed by atoms with Gasteiger partial charge in [0, 0.05) is 11.1 Å². The van der Waals surface area contributed by atoms with Crippen LogP contribution in [0.15, 0.2) is 10.2 Å². The zero-order valence-corrected chi connectivity index (χ0v) is 11.4. The number of nitrogens with two attached hydrogens (primary N) is 1. The molecule has 102 valence electrons. The maximum Gasteiger partial charge on any atom is 0.304 e. The van der Waals surface area contributed by atoms with E-state index in [9.17, 15) is 9.59 Å². The lowest BCUT2D eigenvalue weighted by Gasteiger charge is -2.04. The van der Waals surface area contributed by atoms with E-state index in [1.54, 1.807) is 5.38 Å². The number of carbonyl (C=O) groups excluding carboxylic acids is 1. The van der Waals surface area contributed by atoms with E-state index in [-0.39, 0.29) is 28.9 Å². The lowest BCUT2D eigenvalue weighted by Crippen LogP contribution is -2.24. The Labute approximate surface area is 113 Å². The fourth-order valence-corrected chi connectivity index (χ4v) is 2.22. The van der Waals surface area contributed by atoms with E-state index >= 15 is 0 Å². The molecule has 0 unspecified atom stereocenters. The van der Waals surface area contributed by atoms with E-state index in [2.05, 4.69) is 20.5 Å². The number of anilines is 1. The first-order valence-corrected chi connectivity index (χ1v) is 6.65. The Morgan fingerprint density at radius 2 is 2.32 bits per heavy atom. The summed E-state index contributed by atoms with van der Waals surface area (Å²) in [5, 5.41) is 11.0. The maximum atomic E-state index is 11.9. The molecule has 2 aromatic rings. The average Bonchev–Trinajstić information content (AvgIpc) is 2.92. The van der Waals surface area contributed by atoms with Gasteiger partial charge < -0.3 is 16.0 Å². The van der Waals surface area contributed by atoms with Gasteiger partial charge >= 0.3 is 4.87 Å². The van der Waals surface area contributed by atoms with Crippen molar-refractivity contribution >= 4 is 22.9 Å². The van der Waals surface area contributed by atoms with Gasteiger partial charge in [-0.1, -0.05) is 25.2 Å². The van der Waals surface area contributed by atoms with Crippen molar-refractivity contribution in [2.24, 2.45) is 0 Å². The number of H-pyrrole nitrogens is 2. The highest BCUT2D eigenvalue weighted by molar-refractivity contribution is 7.07. The molecule has 8 heteroatoms. The monoisotopic (exact) mass is 281 g/mol. The molecule has 0 fully saturated rings. The summed E-state index contributed by atoms with van der Waals surface area (Å²) in [5.74, 6) is -0.199. The van der Waals surface area contributed by atoms with E-state index in [0.29, 0.717) is 11.4 Å². The summed E-state index contributed by atoms with van der Waals surface area (Å²) in [6, 6.07) is 0. The predicted octanol–water partition coefficient (Wildman–Crippen LogP) is 0.795. The van der Waals surface area contributed by atoms with Crippen LogP contribution in [0.1, 0.15) is 41.6 Å². The van der Waals surface area contributed by atoms with E-state index in [1.165, 1.54) is 0 Å². The normalized spacial score (nSPS) is 10.9. The van der Waals surface area contributed by atoms with Crippen molar-refractivity contribution in [1.82, 2.24) is 20.5 Å². The van der Waals surface area contributed by atoms with Crippen LogP contribution in [0.25, 0.3) is 0 Å². The van der Waals surface area contributed by atoms with Crippen molar-refractivity contribution in [3.05, 3.63) is 32.1 Å². The first kappa shape index (κ1) is 13.3. The molecule has 0 aliphatic heterocycles. The fraction of sp³-hybridized carbons (Fsp3) is 0.364. The molecule has 7 nitrogen and oxygen atoms in total. The third-order valence-electron chi connectivity index (χ3n) is 2.64. The topological polar surface area (TPSA) is 117 Å². The molecule has 2 heterocycles.